The van der Waals surface area contributed by atoms with E-state index in [2.05, 4.69) is 0 Å². The van der Waals surface area contributed by atoms with Gasteiger partial charge in [0.15, 0.2) is 0 Å². The first-order valence-corrected chi connectivity index (χ1v) is 8.77. The Morgan fingerprint density at radius 2 is 1.20 bits per heavy atom. The zero-order chi connectivity index (χ0) is 18.4. The number of allylic oxidation sites excluding steroid dienone is 1. The summed E-state index contributed by atoms with van der Waals surface area (Å²) in [5.74, 6) is 0. The number of anilines is 2. The topological polar surface area (TPSA) is 154 Å². The molecule has 25 heavy (non-hydrogen) atoms. The van der Waals surface area contributed by atoms with Crippen molar-refractivity contribution in [3.8, 4) is 6.07 Å². The van der Waals surface area contributed by atoms with E-state index in [-0.39, 0.29) is 21.3 Å². The highest BCUT2D eigenvalue weighted by Crippen LogP contribution is 2.34. The second-order valence-corrected chi connectivity index (χ2v) is 7.08. The second kappa shape index (κ2) is 8.28. The van der Waals surface area contributed by atoms with Gasteiger partial charge in [-0.1, -0.05) is 47.8 Å². The quantitative estimate of drug-likeness (QED) is 0.233. The summed E-state index contributed by atoms with van der Waals surface area (Å²) in [5, 5.41) is 9.92. The lowest BCUT2D eigenvalue weighted by Crippen LogP contribution is -2.13. The molecule has 0 aliphatic carbocycles. The van der Waals surface area contributed by atoms with Gasteiger partial charge in [0.05, 0.1) is 15.8 Å². The van der Waals surface area contributed by atoms with Crippen molar-refractivity contribution in [1.82, 2.24) is 0 Å². The third kappa shape index (κ3) is 4.56. The summed E-state index contributed by atoms with van der Waals surface area (Å²) in [6, 6.07) is 16.5. The average Bonchev–Trinajstić information content (AvgIpc) is 2.59. The summed E-state index contributed by atoms with van der Waals surface area (Å²) >= 11 is 2.35. The summed E-state index contributed by atoms with van der Waals surface area (Å²) < 4.78 is 0. The molecule has 0 saturated heterocycles. The summed E-state index contributed by atoms with van der Waals surface area (Å²) in [5.41, 5.74) is 31.3. The summed E-state index contributed by atoms with van der Waals surface area (Å²) in [6.07, 6.45) is 0. The SMILES string of the molecule is N#CC(=C(/N)Sc1ccccc1N)/C(N)=C(\N)Sc1ccccc1N. The number of nitrogens with zero attached hydrogens (tertiary/aromatic N) is 1. The van der Waals surface area contributed by atoms with Crippen LogP contribution in [0.15, 0.2) is 79.7 Å². The summed E-state index contributed by atoms with van der Waals surface area (Å²) in [7, 11) is 0. The predicted octanol–water partition coefficient (Wildman–Crippen LogP) is 2.52. The Morgan fingerprint density at radius 3 is 1.64 bits per heavy atom. The molecule has 8 heteroatoms. The molecule has 128 valence electrons. The lowest BCUT2D eigenvalue weighted by atomic mass is 10.2. The molecular formula is C17H18N6S2. The maximum atomic E-state index is 9.45. The van der Waals surface area contributed by atoms with E-state index in [4.69, 9.17) is 28.7 Å². The first kappa shape index (κ1) is 18.4. The van der Waals surface area contributed by atoms with Crippen LogP contribution in [0.25, 0.3) is 0 Å². The van der Waals surface area contributed by atoms with Crippen LogP contribution >= 0.6 is 23.5 Å². The van der Waals surface area contributed by atoms with Crippen LogP contribution in [0.4, 0.5) is 11.4 Å². The van der Waals surface area contributed by atoms with Crippen LogP contribution in [0.5, 0.6) is 0 Å². The van der Waals surface area contributed by atoms with Crippen LogP contribution in [-0.2, 0) is 0 Å². The van der Waals surface area contributed by atoms with Gasteiger partial charge in [0.25, 0.3) is 0 Å². The summed E-state index contributed by atoms with van der Waals surface area (Å²) in [4.78, 5) is 1.48. The van der Waals surface area contributed by atoms with Crippen LogP contribution in [0.1, 0.15) is 0 Å². The number of nitrogen functional groups attached to an aromatic ring is 2. The highest BCUT2D eigenvalue weighted by atomic mass is 32.2. The molecule has 0 aliphatic heterocycles. The molecule has 0 amide bonds. The van der Waals surface area contributed by atoms with Crippen LogP contribution in [-0.4, -0.2) is 0 Å². The molecule has 0 heterocycles. The van der Waals surface area contributed by atoms with Gasteiger partial charge < -0.3 is 28.7 Å². The second-order valence-electron chi connectivity index (χ2n) is 4.91. The summed E-state index contributed by atoms with van der Waals surface area (Å²) in [6.45, 7) is 0. The van der Waals surface area contributed by atoms with Gasteiger partial charge in [-0.25, -0.2) is 0 Å². The molecule has 0 aromatic heterocycles. The van der Waals surface area contributed by atoms with Crippen molar-refractivity contribution in [2.75, 3.05) is 11.5 Å². The van der Waals surface area contributed by atoms with E-state index in [1.807, 2.05) is 42.5 Å². The molecule has 0 fully saturated rings. The Kier molecular flexibility index (Phi) is 6.11. The van der Waals surface area contributed by atoms with Gasteiger partial charge >= 0.3 is 0 Å². The number of hydrogen-bond donors (Lipinski definition) is 5. The third-order valence-corrected chi connectivity index (χ3v) is 5.22. The first-order chi connectivity index (χ1) is 11.9. The molecule has 2 aromatic rings. The number of rotatable bonds is 5. The Balaban J connectivity index is 2.33. The minimum Gasteiger partial charge on any atom is -0.398 e. The van der Waals surface area contributed by atoms with Gasteiger partial charge in [0.1, 0.15) is 11.6 Å². The molecular weight excluding hydrogens is 352 g/mol. The fraction of sp³-hybridized carbons (Fsp3) is 0. The molecule has 10 N–H and O–H groups in total. The molecule has 0 bridgehead atoms. The molecule has 2 aromatic carbocycles. The van der Waals surface area contributed by atoms with E-state index >= 15 is 0 Å². The van der Waals surface area contributed by atoms with Gasteiger partial charge in [0.2, 0.25) is 0 Å². The van der Waals surface area contributed by atoms with Crippen molar-refractivity contribution in [3.63, 3.8) is 0 Å². The lowest BCUT2D eigenvalue weighted by Gasteiger charge is -2.11. The van der Waals surface area contributed by atoms with E-state index in [9.17, 15) is 5.26 Å². The molecule has 0 unspecified atom stereocenters. The maximum absolute atomic E-state index is 9.45. The molecule has 0 saturated carbocycles. The molecule has 0 atom stereocenters. The molecule has 2 rings (SSSR count). The first-order valence-electron chi connectivity index (χ1n) is 7.14. The smallest absolute Gasteiger partial charge is 0.107 e. The highest BCUT2D eigenvalue weighted by Gasteiger charge is 2.14. The largest absolute Gasteiger partial charge is 0.398 e. The molecule has 0 spiro atoms. The van der Waals surface area contributed by atoms with Gasteiger partial charge in [-0.15, -0.1) is 0 Å². The average molecular weight is 371 g/mol. The van der Waals surface area contributed by atoms with E-state index in [1.165, 1.54) is 11.8 Å². The maximum Gasteiger partial charge on any atom is 0.107 e. The van der Waals surface area contributed by atoms with Crippen LogP contribution < -0.4 is 28.7 Å². The van der Waals surface area contributed by atoms with Crippen LogP contribution in [0.3, 0.4) is 0 Å². The van der Waals surface area contributed by atoms with Crippen molar-refractivity contribution < 1.29 is 0 Å². The van der Waals surface area contributed by atoms with Gasteiger partial charge in [-0.3, -0.25) is 0 Å². The number of hydrogen-bond acceptors (Lipinski definition) is 8. The fourth-order valence-electron chi connectivity index (χ4n) is 1.86. The number of nitriles is 1. The van der Waals surface area contributed by atoms with Crippen LogP contribution in [0.2, 0.25) is 0 Å². The van der Waals surface area contributed by atoms with Gasteiger partial charge in [0, 0.05) is 21.2 Å². The van der Waals surface area contributed by atoms with E-state index < -0.39 is 0 Å². The number of thioether (sulfide) groups is 2. The molecule has 0 aliphatic rings. The van der Waals surface area contributed by atoms with Crippen molar-refractivity contribution in [3.05, 3.63) is 69.9 Å². The Hall–Kier alpha value is -2.89. The predicted molar refractivity (Wildman–Crippen MR) is 106 cm³/mol. The van der Waals surface area contributed by atoms with E-state index in [0.717, 1.165) is 21.6 Å². The minimum atomic E-state index is 0.104. The number of nitrogens with two attached hydrogens (primary N) is 5. The van der Waals surface area contributed by atoms with Crippen molar-refractivity contribution in [2.45, 2.75) is 9.79 Å². The minimum absolute atomic E-state index is 0.104. The standard InChI is InChI=1S/C17H18N6S2/c18-9-10(16(22)24-13-7-3-1-5-11(13)19)15(21)17(23)25-14-8-4-2-6-12(14)20/h1-8H,19-23H2/b16-10+,17-15-. The van der Waals surface area contributed by atoms with Crippen LogP contribution in [0, 0.1) is 11.3 Å². The lowest BCUT2D eigenvalue weighted by molar-refractivity contribution is 1.26. The highest BCUT2D eigenvalue weighted by molar-refractivity contribution is 8.03. The molecule has 6 nitrogen and oxygen atoms in total. The normalized spacial score (nSPS) is 12.8. The van der Waals surface area contributed by atoms with Crippen molar-refractivity contribution >= 4 is 34.9 Å². The Labute approximate surface area is 154 Å². The molecule has 0 radical (unpaired) electrons. The Morgan fingerprint density at radius 1 is 0.760 bits per heavy atom. The number of benzene rings is 2. The Bertz CT molecular complexity index is 883. The fourth-order valence-corrected chi connectivity index (χ4v) is 3.47. The number of para-hydroxylation sites is 2. The van der Waals surface area contributed by atoms with Gasteiger partial charge in [-0.2, -0.15) is 5.26 Å². The third-order valence-electron chi connectivity index (χ3n) is 3.17. The monoisotopic (exact) mass is 370 g/mol. The van der Waals surface area contributed by atoms with Crippen molar-refractivity contribution in [2.24, 2.45) is 17.2 Å². The van der Waals surface area contributed by atoms with E-state index in [1.54, 1.807) is 12.1 Å². The van der Waals surface area contributed by atoms with E-state index in [0.29, 0.717) is 11.4 Å². The van der Waals surface area contributed by atoms with Crippen molar-refractivity contribution in [1.29, 1.82) is 5.26 Å². The zero-order valence-electron chi connectivity index (χ0n) is 13.3. The van der Waals surface area contributed by atoms with Gasteiger partial charge in [-0.05, 0) is 24.3 Å². The zero-order valence-corrected chi connectivity index (χ0v) is 14.9.